The lowest BCUT2D eigenvalue weighted by Crippen LogP contribution is -2.38. The Morgan fingerprint density at radius 2 is 1.81 bits per heavy atom. The number of hydrogen-bond donors (Lipinski definition) is 1. The Bertz CT molecular complexity index is 890. The molecule has 2 heterocycles. The van der Waals surface area contributed by atoms with E-state index < -0.39 is 15.9 Å². The maximum Gasteiger partial charge on any atom is 0.407 e. The van der Waals surface area contributed by atoms with E-state index in [0.29, 0.717) is 37.2 Å². The van der Waals surface area contributed by atoms with E-state index in [1.807, 2.05) is 0 Å². The third-order valence-corrected chi connectivity index (χ3v) is 5.70. The Hall–Kier alpha value is -2.68. The molecule has 144 valence electrons. The van der Waals surface area contributed by atoms with Crippen LogP contribution in [0.3, 0.4) is 0 Å². The number of rotatable bonds is 5. The second-order valence-corrected chi connectivity index (χ2v) is 8.59. The summed E-state index contributed by atoms with van der Waals surface area (Å²) in [6.07, 6.45) is 1.83. The van der Waals surface area contributed by atoms with Crippen molar-refractivity contribution in [2.75, 3.05) is 26.0 Å². The van der Waals surface area contributed by atoms with Gasteiger partial charge in [-0.1, -0.05) is 12.1 Å². The molecule has 0 bridgehead atoms. The molecule has 2 aromatic rings. The molecule has 1 N–H and O–H groups in total. The molecule has 27 heavy (non-hydrogen) atoms. The highest BCUT2D eigenvalue weighted by Gasteiger charge is 2.22. The minimum atomic E-state index is -3.23. The van der Waals surface area contributed by atoms with Gasteiger partial charge < -0.3 is 14.7 Å². The fourth-order valence-corrected chi connectivity index (χ4v) is 3.55. The average molecular weight is 391 g/mol. The van der Waals surface area contributed by atoms with E-state index in [1.165, 1.54) is 11.2 Å². The average Bonchev–Trinajstić information content (AvgIpc) is 2.66. The number of piperidine rings is 1. The Kier molecular flexibility index (Phi) is 5.59. The summed E-state index contributed by atoms with van der Waals surface area (Å²) in [5.41, 5.74) is 1.39. The summed E-state index contributed by atoms with van der Waals surface area (Å²) in [5.74, 6) is 0.706. The molecule has 1 aromatic carbocycles. The number of sulfone groups is 1. The molecule has 0 atom stereocenters. The van der Waals surface area contributed by atoms with E-state index in [-0.39, 0.29) is 4.90 Å². The number of ether oxygens (including phenoxy) is 1. The van der Waals surface area contributed by atoms with Gasteiger partial charge in [0.1, 0.15) is 0 Å². The van der Waals surface area contributed by atoms with Gasteiger partial charge in [0.15, 0.2) is 9.84 Å². The lowest BCUT2D eigenvalue weighted by atomic mass is 9.98. The standard InChI is InChI=1S/C18H21N3O5S/c1-27(24,25)15-4-2-14(3-5-15)16-6-7-17(20-19-16)26-12-13-8-10-21(11-9-13)18(22)23/h2-7,13H,8-12H2,1H3,(H,22,23). The van der Waals surface area contributed by atoms with Gasteiger partial charge in [-0.05, 0) is 37.0 Å². The molecule has 0 saturated carbocycles. The zero-order valence-corrected chi connectivity index (χ0v) is 15.7. The summed E-state index contributed by atoms with van der Waals surface area (Å²) >= 11 is 0. The second kappa shape index (κ2) is 7.91. The van der Waals surface area contributed by atoms with Crippen molar-refractivity contribution < 1.29 is 23.1 Å². The maximum absolute atomic E-state index is 11.5. The van der Waals surface area contributed by atoms with Crippen molar-refractivity contribution >= 4 is 15.9 Å². The topological polar surface area (TPSA) is 110 Å². The van der Waals surface area contributed by atoms with Gasteiger partial charge in [-0.3, -0.25) is 0 Å². The van der Waals surface area contributed by atoms with Crippen LogP contribution in [-0.4, -0.2) is 60.7 Å². The first-order chi connectivity index (χ1) is 12.8. The minimum Gasteiger partial charge on any atom is -0.476 e. The van der Waals surface area contributed by atoms with Crippen molar-refractivity contribution in [2.45, 2.75) is 17.7 Å². The summed E-state index contributed by atoms with van der Waals surface area (Å²) in [7, 11) is -3.23. The van der Waals surface area contributed by atoms with Crippen LogP contribution in [0.25, 0.3) is 11.3 Å². The van der Waals surface area contributed by atoms with Crippen molar-refractivity contribution in [1.29, 1.82) is 0 Å². The molecular formula is C18H21N3O5S. The van der Waals surface area contributed by atoms with E-state index in [2.05, 4.69) is 10.2 Å². The number of amides is 1. The summed E-state index contributed by atoms with van der Waals surface area (Å²) in [6, 6.07) is 9.96. The summed E-state index contributed by atoms with van der Waals surface area (Å²) in [6.45, 7) is 1.53. The molecule has 1 aliphatic heterocycles. The Morgan fingerprint density at radius 1 is 1.15 bits per heavy atom. The van der Waals surface area contributed by atoms with Crippen molar-refractivity contribution in [1.82, 2.24) is 15.1 Å². The Balaban J connectivity index is 1.55. The largest absolute Gasteiger partial charge is 0.476 e. The minimum absolute atomic E-state index is 0.258. The number of benzene rings is 1. The van der Waals surface area contributed by atoms with Crippen LogP contribution in [0.1, 0.15) is 12.8 Å². The number of nitrogens with zero attached hydrogens (tertiary/aromatic N) is 3. The van der Waals surface area contributed by atoms with E-state index in [9.17, 15) is 13.2 Å². The van der Waals surface area contributed by atoms with Crippen LogP contribution < -0.4 is 4.74 Å². The molecule has 1 fully saturated rings. The first kappa shape index (κ1) is 19.1. The van der Waals surface area contributed by atoms with Gasteiger partial charge in [-0.2, -0.15) is 0 Å². The SMILES string of the molecule is CS(=O)(=O)c1ccc(-c2ccc(OCC3CCN(C(=O)O)CC3)nn2)cc1. The molecule has 1 aromatic heterocycles. The van der Waals surface area contributed by atoms with Gasteiger partial charge in [0.05, 0.1) is 17.2 Å². The van der Waals surface area contributed by atoms with Crippen LogP contribution in [0.4, 0.5) is 4.79 Å². The zero-order chi connectivity index (χ0) is 19.4. The van der Waals surface area contributed by atoms with Crippen LogP contribution in [0.2, 0.25) is 0 Å². The van der Waals surface area contributed by atoms with Gasteiger partial charge in [0.2, 0.25) is 5.88 Å². The Morgan fingerprint density at radius 3 is 2.33 bits per heavy atom. The number of carbonyl (C=O) groups is 1. The smallest absolute Gasteiger partial charge is 0.407 e. The van der Waals surface area contributed by atoms with Crippen molar-refractivity contribution in [3.8, 4) is 17.1 Å². The third-order valence-electron chi connectivity index (χ3n) is 4.57. The molecule has 0 spiro atoms. The van der Waals surface area contributed by atoms with Gasteiger partial charge in [0.25, 0.3) is 0 Å². The van der Waals surface area contributed by atoms with E-state index in [0.717, 1.165) is 18.4 Å². The number of carboxylic acid groups (broad SMARTS) is 1. The molecular weight excluding hydrogens is 370 g/mol. The predicted molar refractivity (Wildman–Crippen MR) is 98.4 cm³/mol. The number of aromatic nitrogens is 2. The first-order valence-electron chi connectivity index (χ1n) is 8.58. The van der Waals surface area contributed by atoms with E-state index >= 15 is 0 Å². The van der Waals surface area contributed by atoms with Gasteiger partial charge in [-0.15, -0.1) is 10.2 Å². The highest BCUT2D eigenvalue weighted by Crippen LogP contribution is 2.22. The molecule has 8 nitrogen and oxygen atoms in total. The molecule has 0 radical (unpaired) electrons. The number of hydrogen-bond acceptors (Lipinski definition) is 6. The summed E-state index contributed by atoms with van der Waals surface area (Å²) < 4.78 is 28.7. The van der Waals surface area contributed by atoms with Gasteiger partial charge in [-0.25, -0.2) is 13.2 Å². The predicted octanol–water partition coefficient (Wildman–Crippen LogP) is 2.32. The molecule has 3 rings (SSSR count). The fourth-order valence-electron chi connectivity index (χ4n) is 2.92. The number of likely N-dealkylation sites (tertiary alicyclic amines) is 1. The lowest BCUT2D eigenvalue weighted by molar-refractivity contribution is 0.110. The molecule has 1 saturated heterocycles. The van der Waals surface area contributed by atoms with Gasteiger partial charge in [0, 0.05) is 31.0 Å². The lowest BCUT2D eigenvalue weighted by Gasteiger charge is -2.29. The molecule has 9 heteroatoms. The van der Waals surface area contributed by atoms with Crippen molar-refractivity contribution in [2.24, 2.45) is 5.92 Å². The molecule has 1 aliphatic rings. The van der Waals surface area contributed by atoms with Crippen LogP contribution in [-0.2, 0) is 9.84 Å². The summed E-state index contributed by atoms with van der Waals surface area (Å²) in [4.78, 5) is 12.6. The van der Waals surface area contributed by atoms with E-state index in [1.54, 1.807) is 36.4 Å². The van der Waals surface area contributed by atoms with Crippen molar-refractivity contribution in [3.05, 3.63) is 36.4 Å². The van der Waals surface area contributed by atoms with Crippen LogP contribution in [0.15, 0.2) is 41.3 Å². The molecule has 0 aliphatic carbocycles. The first-order valence-corrected chi connectivity index (χ1v) is 10.5. The van der Waals surface area contributed by atoms with Crippen LogP contribution in [0, 0.1) is 5.92 Å². The maximum atomic E-state index is 11.5. The third kappa shape index (κ3) is 4.94. The fraction of sp³-hybridized carbons (Fsp3) is 0.389. The quantitative estimate of drug-likeness (QED) is 0.833. The Labute approximate surface area is 157 Å². The normalized spacial score (nSPS) is 15.5. The van der Waals surface area contributed by atoms with E-state index in [4.69, 9.17) is 9.84 Å². The van der Waals surface area contributed by atoms with Gasteiger partial charge >= 0.3 is 6.09 Å². The monoisotopic (exact) mass is 391 g/mol. The highest BCUT2D eigenvalue weighted by atomic mass is 32.2. The molecule has 0 unspecified atom stereocenters. The van der Waals surface area contributed by atoms with Crippen LogP contribution >= 0.6 is 0 Å². The summed E-state index contributed by atoms with van der Waals surface area (Å²) in [5, 5.41) is 17.1. The van der Waals surface area contributed by atoms with Crippen molar-refractivity contribution in [3.63, 3.8) is 0 Å². The zero-order valence-electron chi connectivity index (χ0n) is 14.9. The highest BCUT2D eigenvalue weighted by molar-refractivity contribution is 7.90. The molecule has 1 amide bonds. The van der Waals surface area contributed by atoms with Crippen LogP contribution in [0.5, 0.6) is 5.88 Å². The second-order valence-electron chi connectivity index (χ2n) is 6.58.